The maximum atomic E-state index is 13.8. The second kappa shape index (κ2) is 9.53. The Balaban J connectivity index is 1.45. The molecule has 2 aliphatic rings. The Morgan fingerprint density at radius 3 is 2.65 bits per heavy atom. The molecule has 0 N–H and O–H groups in total. The summed E-state index contributed by atoms with van der Waals surface area (Å²) in [6.45, 7) is 3.74. The number of ether oxygens (including phenoxy) is 2. The van der Waals surface area contributed by atoms with E-state index < -0.39 is 0 Å². The van der Waals surface area contributed by atoms with Crippen molar-refractivity contribution >= 4 is 28.9 Å². The predicted octanol–water partition coefficient (Wildman–Crippen LogP) is 3.63. The number of carbonyl (C=O) groups excluding carboxylic acids is 1. The molecule has 0 aliphatic carbocycles. The molecule has 1 saturated heterocycles. The Kier molecular flexibility index (Phi) is 6.58. The summed E-state index contributed by atoms with van der Waals surface area (Å²) in [4.78, 5) is 21.6. The third-order valence-corrected chi connectivity index (χ3v) is 6.25. The molecule has 0 aromatic heterocycles. The standard InChI is InChI=1S/C23H24FN3O3S/c1-26-9-11-27(12-10-26)23-25-22(28)21(31-23)14-16-7-8-19(20(13-16)29-2)30-15-17-5-3-4-6-18(17)24/h3-8,13-14H,9-12,15H2,1-2H3. The zero-order valence-corrected chi connectivity index (χ0v) is 18.3. The number of likely N-dealkylation sites (N-methyl/N-ethyl adjacent to an activating group) is 1. The molecule has 0 bridgehead atoms. The molecule has 1 amide bonds. The van der Waals surface area contributed by atoms with Crippen molar-refractivity contribution in [2.24, 2.45) is 4.99 Å². The molecule has 162 valence electrons. The molecule has 0 saturated carbocycles. The van der Waals surface area contributed by atoms with Gasteiger partial charge in [0.25, 0.3) is 5.91 Å². The molecule has 0 radical (unpaired) electrons. The Labute approximate surface area is 185 Å². The van der Waals surface area contributed by atoms with E-state index in [1.807, 2.05) is 12.1 Å². The first-order chi connectivity index (χ1) is 15.0. The van der Waals surface area contributed by atoms with Crippen LogP contribution in [0.15, 0.2) is 52.4 Å². The van der Waals surface area contributed by atoms with E-state index in [0.717, 1.165) is 36.9 Å². The van der Waals surface area contributed by atoms with Crippen molar-refractivity contribution < 1.29 is 18.7 Å². The van der Waals surface area contributed by atoms with Crippen LogP contribution >= 0.6 is 11.8 Å². The lowest BCUT2D eigenvalue weighted by molar-refractivity contribution is -0.113. The van der Waals surface area contributed by atoms with Crippen LogP contribution in [0.4, 0.5) is 4.39 Å². The number of carbonyl (C=O) groups is 1. The van der Waals surface area contributed by atoms with E-state index >= 15 is 0 Å². The van der Waals surface area contributed by atoms with Crippen molar-refractivity contribution in [3.05, 3.63) is 64.3 Å². The number of halogens is 1. The summed E-state index contributed by atoms with van der Waals surface area (Å²) in [5, 5.41) is 0.765. The van der Waals surface area contributed by atoms with Crippen LogP contribution in [0.2, 0.25) is 0 Å². The minimum atomic E-state index is -0.309. The van der Waals surface area contributed by atoms with Gasteiger partial charge in [0.1, 0.15) is 12.4 Å². The van der Waals surface area contributed by atoms with Crippen molar-refractivity contribution in [1.29, 1.82) is 0 Å². The van der Waals surface area contributed by atoms with Crippen LogP contribution in [-0.2, 0) is 11.4 Å². The smallest absolute Gasteiger partial charge is 0.286 e. The van der Waals surface area contributed by atoms with Crippen LogP contribution in [-0.4, -0.2) is 61.2 Å². The molecule has 0 spiro atoms. The summed E-state index contributed by atoms with van der Waals surface area (Å²) in [7, 11) is 3.64. The van der Waals surface area contributed by atoms with Gasteiger partial charge in [0.15, 0.2) is 16.7 Å². The number of thioether (sulfide) groups is 1. The monoisotopic (exact) mass is 441 g/mol. The summed E-state index contributed by atoms with van der Waals surface area (Å²) in [6.07, 6.45) is 1.81. The molecule has 31 heavy (non-hydrogen) atoms. The average molecular weight is 442 g/mol. The predicted molar refractivity (Wildman–Crippen MR) is 121 cm³/mol. The number of aliphatic imine (C=N–C) groups is 1. The van der Waals surface area contributed by atoms with E-state index in [1.165, 1.54) is 17.8 Å². The minimum Gasteiger partial charge on any atom is -0.493 e. The number of piperazine rings is 1. The molecular weight excluding hydrogens is 417 g/mol. The summed E-state index contributed by atoms with van der Waals surface area (Å²) in [5.74, 6) is 0.488. The van der Waals surface area contributed by atoms with Gasteiger partial charge in [-0.05, 0) is 48.6 Å². The van der Waals surface area contributed by atoms with E-state index in [2.05, 4.69) is 21.8 Å². The Morgan fingerprint density at radius 1 is 1.13 bits per heavy atom. The number of nitrogens with zero attached hydrogens (tertiary/aromatic N) is 3. The minimum absolute atomic E-state index is 0.0973. The van der Waals surface area contributed by atoms with Gasteiger partial charge in [-0.3, -0.25) is 4.79 Å². The molecule has 2 heterocycles. The van der Waals surface area contributed by atoms with Gasteiger partial charge < -0.3 is 19.3 Å². The Morgan fingerprint density at radius 2 is 1.90 bits per heavy atom. The second-order valence-electron chi connectivity index (χ2n) is 7.39. The van der Waals surface area contributed by atoms with Gasteiger partial charge in [-0.1, -0.05) is 24.3 Å². The molecule has 2 aromatic rings. The maximum Gasteiger partial charge on any atom is 0.286 e. The van der Waals surface area contributed by atoms with E-state index in [4.69, 9.17) is 9.47 Å². The lowest BCUT2D eigenvalue weighted by Gasteiger charge is -2.32. The van der Waals surface area contributed by atoms with Crippen molar-refractivity contribution in [3.8, 4) is 11.5 Å². The number of hydrogen-bond donors (Lipinski definition) is 0. The highest BCUT2D eigenvalue weighted by atomic mass is 32.2. The molecule has 4 rings (SSSR count). The highest BCUT2D eigenvalue weighted by Crippen LogP contribution is 2.34. The number of amides is 1. The van der Waals surface area contributed by atoms with Crippen molar-refractivity contribution in [2.45, 2.75) is 6.61 Å². The molecule has 2 aromatic carbocycles. The lowest BCUT2D eigenvalue weighted by atomic mass is 10.2. The zero-order chi connectivity index (χ0) is 21.8. The number of benzene rings is 2. The molecule has 0 atom stereocenters. The molecule has 1 fully saturated rings. The second-order valence-corrected chi connectivity index (χ2v) is 8.40. The van der Waals surface area contributed by atoms with Crippen molar-refractivity contribution in [1.82, 2.24) is 9.80 Å². The Hall–Kier alpha value is -2.84. The van der Waals surface area contributed by atoms with Crippen LogP contribution in [0.1, 0.15) is 11.1 Å². The molecule has 6 nitrogen and oxygen atoms in total. The van der Waals surface area contributed by atoms with Crippen LogP contribution < -0.4 is 9.47 Å². The van der Waals surface area contributed by atoms with Gasteiger partial charge in [0, 0.05) is 31.7 Å². The highest BCUT2D eigenvalue weighted by molar-refractivity contribution is 8.18. The Bertz CT molecular complexity index is 1030. The summed E-state index contributed by atoms with van der Waals surface area (Å²) < 4.78 is 25.0. The van der Waals surface area contributed by atoms with Crippen LogP contribution in [0, 0.1) is 5.82 Å². The van der Waals surface area contributed by atoms with Gasteiger partial charge >= 0.3 is 0 Å². The van der Waals surface area contributed by atoms with E-state index in [0.29, 0.717) is 22.0 Å². The molecule has 0 unspecified atom stereocenters. The summed E-state index contributed by atoms with van der Waals surface area (Å²) in [6, 6.07) is 11.9. The number of rotatable bonds is 5. The first kappa shape index (κ1) is 21.4. The summed E-state index contributed by atoms with van der Waals surface area (Å²) >= 11 is 1.40. The van der Waals surface area contributed by atoms with Crippen LogP contribution in [0.3, 0.4) is 0 Å². The molecular formula is C23H24FN3O3S. The van der Waals surface area contributed by atoms with Gasteiger partial charge in [0.2, 0.25) is 0 Å². The van der Waals surface area contributed by atoms with Crippen molar-refractivity contribution in [2.75, 3.05) is 40.3 Å². The number of amidine groups is 1. The molecule has 2 aliphatic heterocycles. The highest BCUT2D eigenvalue weighted by Gasteiger charge is 2.27. The van der Waals surface area contributed by atoms with Gasteiger partial charge in [-0.15, -0.1) is 0 Å². The number of hydrogen-bond acceptors (Lipinski definition) is 6. The summed E-state index contributed by atoms with van der Waals surface area (Å²) in [5.41, 5.74) is 1.28. The quantitative estimate of drug-likeness (QED) is 0.661. The lowest BCUT2D eigenvalue weighted by Crippen LogP contribution is -2.46. The fourth-order valence-corrected chi connectivity index (χ4v) is 4.31. The average Bonchev–Trinajstić information content (AvgIpc) is 3.14. The van der Waals surface area contributed by atoms with E-state index in [9.17, 15) is 9.18 Å². The van der Waals surface area contributed by atoms with E-state index in [-0.39, 0.29) is 18.3 Å². The van der Waals surface area contributed by atoms with Gasteiger partial charge in [0.05, 0.1) is 12.0 Å². The fourth-order valence-electron chi connectivity index (χ4n) is 3.35. The van der Waals surface area contributed by atoms with Crippen molar-refractivity contribution in [3.63, 3.8) is 0 Å². The normalized spacial score (nSPS) is 18.4. The first-order valence-corrected chi connectivity index (χ1v) is 10.9. The fraction of sp³-hybridized carbons (Fsp3) is 0.304. The zero-order valence-electron chi connectivity index (χ0n) is 17.5. The van der Waals surface area contributed by atoms with Crippen LogP contribution in [0.5, 0.6) is 11.5 Å². The van der Waals surface area contributed by atoms with Gasteiger partial charge in [-0.25, -0.2) is 4.39 Å². The number of methoxy groups -OCH3 is 1. The first-order valence-electron chi connectivity index (χ1n) is 10.0. The van der Waals surface area contributed by atoms with Gasteiger partial charge in [-0.2, -0.15) is 4.99 Å². The van der Waals surface area contributed by atoms with Crippen LogP contribution in [0.25, 0.3) is 6.08 Å². The SMILES string of the molecule is COc1cc(C=C2SC(N3CCN(C)CC3)=NC2=O)ccc1OCc1ccccc1F. The molecule has 8 heteroatoms. The van der Waals surface area contributed by atoms with E-state index in [1.54, 1.807) is 37.4 Å². The topological polar surface area (TPSA) is 54.4 Å². The maximum absolute atomic E-state index is 13.8. The third kappa shape index (κ3) is 5.08. The largest absolute Gasteiger partial charge is 0.493 e. The third-order valence-electron chi connectivity index (χ3n) is 5.21.